The highest BCUT2D eigenvalue weighted by atomic mass is 35.5. The van der Waals surface area contributed by atoms with E-state index < -0.39 is 12.0 Å². The standard InChI is InChI=1S/C16H21ClN2O3/c1-10-6-7-12(8-13(10)17)19-15(20)9-14(16(21)22)18-11-4-2-3-5-11/h6-8,11,14,18H,2-5,9H2,1H3,(H,19,20)(H,21,22)/t14-/m0/s1. The van der Waals surface area contributed by atoms with Crippen LogP contribution in [0.25, 0.3) is 0 Å². The maximum absolute atomic E-state index is 12.0. The molecule has 22 heavy (non-hydrogen) atoms. The van der Waals surface area contributed by atoms with Gasteiger partial charge in [-0.1, -0.05) is 17.7 Å². The van der Waals surface area contributed by atoms with Crippen LogP contribution in [0.15, 0.2) is 18.2 Å². The third-order valence-electron chi connectivity index (χ3n) is 4.07. The van der Waals surface area contributed by atoms with Crippen LogP contribution in [0.3, 0.4) is 0 Å². The molecule has 1 amide bonds. The highest BCUT2D eigenvalue weighted by Crippen LogP contribution is 2.20. The van der Waals surface area contributed by atoms with E-state index >= 15 is 0 Å². The lowest BCUT2D eigenvalue weighted by Gasteiger charge is -2.20. The largest absolute Gasteiger partial charge is 0.544 e. The lowest BCUT2D eigenvalue weighted by Crippen LogP contribution is -2.97. The summed E-state index contributed by atoms with van der Waals surface area (Å²) in [6, 6.07) is 4.64. The van der Waals surface area contributed by atoms with Gasteiger partial charge in [-0.2, -0.15) is 0 Å². The molecule has 6 heteroatoms. The van der Waals surface area contributed by atoms with Gasteiger partial charge < -0.3 is 20.5 Å². The van der Waals surface area contributed by atoms with Gasteiger partial charge >= 0.3 is 0 Å². The molecule has 0 unspecified atom stereocenters. The van der Waals surface area contributed by atoms with Crippen LogP contribution in [0.4, 0.5) is 5.69 Å². The number of hydrogen-bond acceptors (Lipinski definition) is 3. The van der Waals surface area contributed by atoms with E-state index in [0.29, 0.717) is 10.7 Å². The Bertz CT molecular complexity index is 556. The fraction of sp³-hybridized carbons (Fsp3) is 0.500. The van der Waals surface area contributed by atoms with E-state index in [0.717, 1.165) is 31.2 Å². The van der Waals surface area contributed by atoms with Crippen molar-refractivity contribution in [1.29, 1.82) is 0 Å². The Hall–Kier alpha value is -1.59. The van der Waals surface area contributed by atoms with Gasteiger partial charge in [0, 0.05) is 10.7 Å². The molecule has 0 saturated heterocycles. The smallest absolute Gasteiger partial charge is 0.230 e. The number of carboxylic acids is 1. The van der Waals surface area contributed by atoms with E-state index in [-0.39, 0.29) is 18.4 Å². The Kier molecular flexibility index (Phi) is 5.80. The molecule has 1 aromatic rings. The Morgan fingerprint density at radius 3 is 2.68 bits per heavy atom. The second-order valence-electron chi connectivity index (χ2n) is 5.88. The molecule has 1 saturated carbocycles. The van der Waals surface area contributed by atoms with Gasteiger partial charge in [-0.15, -0.1) is 0 Å². The van der Waals surface area contributed by atoms with Crippen LogP contribution in [0.1, 0.15) is 37.7 Å². The van der Waals surface area contributed by atoms with Gasteiger partial charge in [-0.05, 0) is 50.3 Å². The maximum Gasteiger partial charge on any atom is 0.230 e. The van der Waals surface area contributed by atoms with E-state index in [4.69, 9.17) is 11.6 Å². The zero-order chi connectivity index (χ0) is 16.1. The second-order valence-corrected chi connectivity index (χ2v) is 6.29. The molecule has 1 atom stereocenters. The molecular weight excluding hydrogens is 304 g/mol. The van der Waals surface area contributed by atoms with Gasteiger partial charge in [-0.3, -0.25) is 4.79 Å². The molecule has 0 spiro atoms. The quantitative estimate of drug-likeness (QED) is 0.803. The Morgan fingerprint density at radius 2 is 2.09 bits per heavy atom. The first-order chi connectivity index (χ1) is 10.5. The number of hydrogen-bond donors (Lipinski definition) is 2. The molecule has 0 radical (unpaired) electrons. The third-order valence-corrected chi connectivity index (χ3v) is 4.48. The molecule has 1 aromatic carbocycles. The number of anilines is 1. The Balaban J connectivity index is 1.92. The van der Waals surface area contributed by atoms with Gasteiger partial charge in [0.15, 0.2) is 0 Å². The normalized spacial score (nSPS) is 16.5. The first-order valence-corrected chi connectivity index (χ1v) is 7.95. The zero-order valence-corrected chi connectivity index (χ0v) is 13.4. The zero-order valence-electron chi connectivity index (χ0n) is 12.6. The average Bonchev–Trinajstić information content (AvgIpc) is 2.95. The minimum absolute atomic E-state index is 0.107. The number of carbonyl (C=O) groups excluding carboxylic acids is 2. The lowest BCUT2D eigenvalue weighted by molar-refractivity contribution is -0.713. The van der Waals surface area contributed by atoms with Crippen LogP contribution in [-0.2, 0) is 9.59 Å². The number of aliphatic carboxylic acids is 1. The van der Waals surface area contributed by atoms with Crippen molar-refractivity contribution in [1.82, 2.24) is 0 Å². The van der Waals surface area contributed by atoms with Gasteiger partial charge in [0.2, 0.25) is 5.91 Å². The van der Waals surface area contributed by atoms with Crippen LogP contribution in [0, 0.1) is 6.92 Å². The minimum Gasteiger partial charge on any atom is -0.544 e. The number of halogens is 1. The number of nitrogens with two attached hydrogens (primary N) is 1. The highest BCUT2D eigenvalue weighted by Gasteiger charge is 2.25. The van der Waals surface area contributed by atoms with Crippen LogP contribution >= 0.6 is 11.6 Å². The van der Waals surface area contributed by atoms with Crippen molar-refractivity contribution < 1.29 is 20.0 Å². The van der Waals surface area contributed by atoms with Crippen LogP contribution in [0.5, 0.6) is 0 Å². The molecular formula is C16H21ClN2O3. The Morgan fingerprint density at radius 1 is 1.41 bits per heavy atom. The van der Waals surface area contributed by atoms with Crippen molar-refractivity contribution in [3.05, 3.63) is 28.8 Å². The van der Waals surface area contributed by atoms with Gasteiger partial charge in [0.1, 0.15) is 6.04 Å². The van der Waals surface area contributed by atoms with Gasteiger partial charge in [0.05, 0.1) is 18.4 Å². The lowest BCUT2D eigenvalue weighted by atomic mass is 10.1. The number of benzene rings is 1. The predicted molar refractivity (Wildman–Crippen MR) is 82.4 cm³/mol. The number of aryl methyl sites for hydroxylation is 1. The topological polar surface area (TPSA) is 85.8 Å². The van der Waals surface area contributed by atoms with Crippen LogP contribution in [-0.4, -0.2) is 24.0 Å². The highest BCUT2D eigenvalue weighted by molar-refractivity contribution is 6.31. The second kappa shape index (κ2) is 7.61. The fourth-order valence-electron chi connectivity index (χ4n) is 2.79. The van der Waals surface area contributed by atoms with E-state index in [1.54, 1.807) is 23.5 Å². The summed E-state index contributed by atoms with van der Waals surface area (Å²) in [6.45, 7) is 1.87. The van der Waals surface area contributed by atoms with E-state index in [2.05, 4.69) is 5.32 Å². The third kappa shape index (κ3) is 4.71. The summed E-state index contributed by atoms with van der Waals surface area (Å²) in [6.07, 6.45) is 4.13. The molecule has 0 aromatic heterocycles. The number of nitrogens with one attached hydrogen (secondary N) is 1. The summed E-state index contributed by atoms with van der Waals surface area (Å²) in [7, 11) is 0. The van der Waals surface area contributed by atoms with Crippen LogP contribution < -0.4 is 15.7 Å². The summed E-state index contributed by atoms with van der Waals surface area (Å²) < 4.78 is 0. The monoisotopic (exact) mass is 324 g/mol. The summed E-state index contributed by atoms with van der Waals surface area (Å²) in [5.41, 5.74) is 1.49. The minimum atomic E-state index is -1.19. The molecule has 1 fully saturated rings. The van der Waals surface area contributed by atoms with Crippen molar-refractivity contribution in [2.45, 2.75) is 51.1 Å². The number of carboxylic acid groups (broad SMARTS) is 1. The molecule has 120 valence electrons. The summed E-state index contributed by atoms with van der Waals surface area (Å²) in [5.74, 6) is -1.53. The molecule has 5 nitrogen and oxygen atoms in total. The number of rotatable bonds is 6. The summed E-state index contributed by atoms with van der Waals surface area (Å²) in [4.78, 5) is 23.3. The predicted octanol–water partition coefficient (Wildman–Crippen LogP) is 0.602. The first-order valence-electron chi connectivity index (χ1n) is 7.57. The molecule has 1 aliphatic rings. The van der Waals surface area contributed by atoms with Crippen molar-refractivity contribution in [3.8, 4) is 0 Å². The first kappa shape index (κ1) is 16.8. The number of amides is 1. The van der Waals surface area contributed by atoms with Crippen molar-refractivity contribution in [3.63, 3.8) is 0 Å². The molecule has 2 rings (SSSR count). The van der Waals surface area contributed by atoms with E-state index in [1.807, 2.05) is 6.92 Å². The van der Waals surface area contributed by atoms with E-state index in [9.17, 15) is 14.7 Å². The maximum atomic E-state index is 12.0. The average molecular weight is 325 g/mol. The summed E-state index contributed by atoms with van der Waals surface area (Å²) in [5, 5.41) is 16.2. The van der Waals surface area contributed by atoms with Crippen LogP contribution in [0.2, 0.25) is 5.02 Å². The Labute approximate surface area is 135 Å². The molecule has 0 aliphatic heterocycles. The van der Waals surface area contributed by atoms with Gasteiger partial charge in [0.25, 0.3) is 0 Å². The van der Waals surface area contributed by atoms with Crippen molar-refractivity contribution >= 4 is 29.2 Å². The van der Waals surface area contributed by atoms with E-state index in [1.165, 1.54) is 0 Å². The fourth-order valence-corrected chi connectivity index (χ4v) is 2.97. The van der Waals surface area contributed by atoms with Crippen molar-refractivity contribution in [2.24, 2.45) is 0 Å². The molecule has 0 bridgehead atoms. The molecule has 1 aliphatic carbocycles. The van der Waals surface area contributed by atoms with Crippen molar-refractivity contribution in [2.75, 3.05) is 5.32 Å². The molecule has 3 N–H and O–H groups in total. The SMILES string of the molecule is Cc1ccc(NC(=O)C[C@H]([NH2+]C2CCCC2)C(=O)[O-])cc1Cl. The number of carbonyl (C=O) groups is 2. The van der Waals surface area contributed by atoms with Gasteiger partial charge in [-0.25, -0.2) is 0 Å². The summed E-state index contributed by atoms with van der Waals surface area (Å²) >= 11 is 6.01. The molecule has 0 heterocycles. The number of quaternary nitrogens is 1.